The van der Waals surface area contributed by atoms with Crippen LogP contribution in [0.15, 0.2) is 36.4 Å². The predicted molar refractivity (Wildman–Crippen MR) is 61.8 cm³/mol. The monoisotopic (exact) mass is 255 g/mol. The molecule has 0 aliphatic rings. The molecule has 0 saturated heterocycles. The summed E-state index contributed by atoms with van der Waals surface area (Å²) in [6.45, 7) is 0. The number of hydrogen-bond donors (Lipinski definition) is 0. The Morgan fingerprint density at radius 3 is 2.62 bits per heavy atom. The fraction of sp³-hybridized carbons (Fsp3) is 0. The Bertz CT molecular complexity index is 514. The van der Waals surface area contributed by atoms with Crippen LogP contribution in [0.2, 0.25) is 10.0 Å². The minimum atomic E-state index is -0.478. The van der Waals surface area contributed by atoms with Crippen molar-refractivity contribution in [3.8, 4) is 11.5 Å². The van der Waals surface area contributed by atoms with Gasteiger partial charge in [-0.3, -0.25) is 0 Å². The van der Waals surface area contributed by atoms with E-state index in [4.69, 9.17) is 27.9 Å². The van der Waals surface area contributed by atoms with Gasteiger partial charge in [0.1, 0.15) is 5.75 Å². The molecule has 0 saturated carbocycles. The molecule has 81 valence electrons. The largest absolute Gasteiger partial charge is 0.454 e. The van der Waals surface area contributed by atoms with Gasteiger partial charge in [0.25, 0.3) is 0 Å². The van der Waals surface area contributed by atoms with Crippen molar-refractivity contribution >= 4 is 23.2 Å². The highest BCUT2D eigenvalue weighted by atomic mass is 35.5. The quantitative estimate of drug-likeness (QED) is 0.755. The lowest BCUT2D eigenvalue weighted by molar-refractivity contribution is 0.442. The van der Waals surface area contributed by atoms with E-state index in [1.807, 2.05) is 0 Å². The molecule has 0 heterocycles. The highest BCUT2D eigenvalue weighted by Gasteiger charge is 2.05. The highest BCUT2D eigenvalue weighted by molar-refractivity contribution is 6.42. The Labute approximate surface area is 102 Å². The lowest BCUT2D eigenvalue weighted by Gasteiger charge is -2.06. The fourth-order valence-corrected chi connectivity index (χ4v) is 1.43. The molecule has 2 aromatic carbocycles. The summed E-state index contributed by atoms with van der Waals surface area (Å²) < 4.78 is 18.5. The van der Waals surface area contributed by atoms with Crippen LogP contribution in [0.25, 0.3) is 0 Å². The third-order valence-corrected chi connectivity index (χ3v) is 2.63. The highest BCUT2D eigenvalue weighted by Crippen LogP contribution is 2.30. The van der Waals surface area contributed by atoms with E-state index in [1.165, 1.54) is 18.2 Å². The van der Waals surface area contributed by atoms with Crippen LogP contribution in [-0.2, 0) is 0 Å². The SMILES string of the molecule is Fc1c[c]ccc1Oc1ccc(Cl)c(Cl)c1. The summed E-state index contributed by atoms with van der Waals surface area (Å²) in [4.78, 5) is 0. The summed E-state index contributed by atoms with van der Waals surface area (Å²) in [5.74, 6) is 0.0743. The van der Waals surface area contributed by atoms with Gasteiger partial charge in [-0.2, -0.15) is 0 Å². The molecule has 0 amide bonds. The number of hydrogen-bond acceptors (Lipinski definition) is 1. The molecule has 1 radical (unpaired) electrons. The maximum absolute atomic E-state index is 13.2. The van der Waals surface area contributed by atoms with Crippen molar-refractivity contribution in [2.45, 2.75) is 0 Å². The zero-order chi connectivity index (χ0) is 11.5. The van der Waals surface area contributed by atoms with Crippen molar-refractivity contribution in [2.24, 2.45) is 0 Å². The number of rotatable bonds is 2. The average Bonchev–Trinajstić information content (AvgIpc) is 2.27. The third-order valence-electron chi connectivity index (χ3n) is 1.90. The molecule has 0 bridgehead atoms. The van der Waals surface area contributed by atoms with E-state index in [1.54, 1.807) is 18.2 Å². The van der Waals surface area contributed by atoms with E-state index in [-0.39, 0.29) is 5.75 Å². The molecule has 2 rings (SSSR count). The summed E-state index contributed by atoms with van der Waals surface area (Å²) >= 11 is 11.6. The van der Waals surface area contributed by atoms with Crippen LogP contribution in [0.1, 0.15) is 0 Å². The van der Waals surface area contributed by atoms with Crippen LogP contribution in [0.4, 0.5) is 4.39 Å². The molecule has 0 N–H and O–H groups in total. The predicted octanol–water partition coefficient (Wildman–Crippen LogP) is 4.72. The molecule has 1 nitrogen and oxygen atoms in total. The first-order valence-electron chi connectivity index (χ1n) is 4.45. The number of halogens is 3. The van der Waals surface area contributed by atoms with Crippen molar-refractivity contribution in [2.75, 3.05) is 0 Å². The first kappa shape index (κ1) is 11.2. The van der Waals surface area contributed by atoms with Crippen LogP contribution in [-0.4, -0.2) is 0 Å². The van der Waals surface area contributed by atoms with Crippen molar-refractivity contribution < 1.29 is 9.13 Å². The van der Waals surface area contributed by atoms with Crippen molar-refractivity contribution in [1.29, 1.82) is 0 Å². The maximum atomic E-state index is 13.2. The van der Waals surface area contributed by atoms with Gasteiger partial charge in [-0.25, -0.2) is 4.39 Å². The molecule has 2 aromatic rings. The Morgan fingerprint density at radius 1 is 1.12 bits per heavy atom. The van der Waals surface area contributed by atoms with Crippen molar-refractivity contribution in [3.05, 3.63) is 58.3 Å². The van der Waals surface area contributed by atoms with Crippen molar-refractivity contribution in [1.82, 2.24) is 0 Å². The summed E-state index contributed by atoms with van der Waals surface area (Å²) in [5, 5.41) is 0.790. The van der Waals surface area contributed by atoms with Crippen LogP contribution < -0.4 is 4.74 Å². The second kappa shape index (κ2) is 4.73. The Kier molecular flexibility index (Phi) is 3.32. The number of ether oxygens (including phenoxy) is 1. The Morgan fingerprint density at radius 2 is 1.94 bits per heavy atom. The zero-order valence-electron chi connectivity index (χ0n) is 8.01. The second-order valence-electron chi connectivity index (χ2n) is 3.03. The first-order valence-corrected chi connectivity index (χ1v) is 5.21. The second-order valence-corrected chi connectivity index (χ2v) is 3.85. The standard InChI is InChI=1S/C12H6Cl2FO/c13-9-6-5-8(7-10(9)14)16-12-4-2-1-3-11(12)15/h2-7H. The molecule has 16 heavy (non-hydrogen) atoms. The van der Waals surface area contributed by atoms with Gasteiger partial charge in [0.15, 0.2) is 11.6 Å². The van der Waals surface area contributed by atoms with Gasteiger partial charge in [0.2, 0.25) is 0 Å². The van der Waals surface area contributed by atoms with Crippen LogP contribution in [0.5, 0.6) is 11.5 Å². The van der Waals surface area contributed by atoms with Crippen molar-refractivity contribution in [3.63, 3.8) is 0 Å². The van der Waals surface area contributed by atoms with Crippen LogP contribution in [0.3, 0.4) is 0 Å². The molecule has 4 heteroatoms. The lowest BCUT2D eigenvalue weighted by Crippen LogP contribution is -1.87. The Hall–Kier alpha value is -1.25. The van der Waals surface area contributed by atoms with E-state index < -0.39 is 5.82 Å². The van der Waals surface area contributed by atoms with Gasteiger partial charge in [-0.15, -0.1) is 0 Å². The summed E-state index contributed by atoms with van der Waals surface area (Å²) in [6.07, 6.45) is 0. The molecule has 0 atom stereocenters. The van der Waals surface area contributed by atoms with Gasteiger partial charge < -0.3 is 4.74 Å². The van der Waals surface area contributed by atoms with Gasteiger partial charge in [0, 0.05) is 6.07 Å². The molecule has 0 aromatic heterocycles. The van der Waals surface area contributed by atoms with E-state index in [0.29, 0.717) is 15.8 Å². The summed E-state index contributed by atoms with van der Waals surface area (Å²) in [5.41, 5.74) is 0. The average molecular weight is 256 g/mol. The molecule has 0 aliphatic carbocycles. The van der Waals surface area contributed by atoms with E-state index >= 15 is 0 Å². The summed E-state index contributed by atoms with van der Waals surface area (Å²) in [6, 6.07) is 11.6. The first-order chi connectivity index (χ1) is 7.66. The molecule has 0 fully saturated rings. The molecule has 0 aliphatic heterocycles. The van der Waals surface area contributed by atoms with Gasteiger partial charge in [-0.05, 0) is 30.3 Å². The minimum absolute atomic E-state index is 0.122. The molecular weight excluding hydrogens is 250 g/mol. The topological polar surface area (TPSA) is 9.23 Å². The Balaban J connectivity index is 2.28. The molecule has 0 unspecified atom stereocenters. The van der Waals surface area contributed by atoms with E-state index in [2.05, 4.69) is 6.07 Å². The van der Waals surface area contributed by atoms with Gasteiger partial charge >= 0.3 is 0 Å². The van der Waals surface area contributed by atoms with Crippen LogP contribution >= 0.6 is 23.2 Å². The van der Waals surface area contributed by atoms with E-state index in [9.17, 15) is 4.39 Å². The smallest absolute Gasteiger partial charge is 0.166 e. The van der Waals surface area contributed by atoms with E-state index in [0.717, 1.165) is 0 Å². The third kappa shape index (κ3) is 2.46. The number of benzene rings is 2. The lowest BCUT2D eigenvalue weighted by atomic mass is 10.3. The fourth-order valence-electron chi connectivity index (χ4n) is 1.15. The summed E-state index contributed by atoms with van der Waals surface area (Å²) in [7, 11) is 0. The normalized spacial score (nSPS) is 10.2. The van der Waals surface area contributed by atoms with Gasteiger partial charge in [0.05, 0.1) is 10.0 Å². The zero-order valence-corrected chi connectivity index (χ0v) is 9.52. The molecular formula is C12H6Cl2FO. The van der Waals surface area contributed by atoms with Crippen LogP contribution in [0, 0.1) is 11.9 Å². The minimum Gasteiger partial charge on any atom is -0.454 e. The maximum Gasteiger partial charge on any atom is 0.166 e. The molecule has 0 spiro atoms. The van der Waals surface area contributed by atoms with Gasteiger partial charge in [-0.1, -0.05) is 29.3 Å².